The first-order valence-corrected chi connectivity index (χ1v) is 7.53. The van der Waals surface area contributed by atoms with Crippen molar-refractivity contribution >= 4 is 23.4 Å². The predicted molar refractivity (Wildman–Crippen MR) is 86.6 cm³/mol. The Hall–Kier alpha value is -1.94. The summed E-state index contributed by atoms with van der Waals surface area (Å²) in [5.74, 6) is -0.319. The first-order valence-electron chi connectivity index (χ1n) is 6.71. The Labute approximate surface area is 129 Å². The van der Waals surface area contributed by atoms with Crippen LogP contribution in [0.25, 0.3) is 0 Å². The monoisotopic (exact) mass is 301 g/mol. The smallest absolute Gasteiger partial charge is 0.339 e. The molecule has 0 aliphatic heterocycles. The molecular formula is C17H19NO2S. The van der Waals surface area contributed by atoms with E-state index in [1.807, 2.05) is 63.2 Å². The number of hydrogen-bond acceptors (Lipinski definition) is 4. The molecule has 3 nitrogen and oxygen atoms in total. The first kappa shape index (κ1) is 15.4. The number of nitrogens with two attached hydrogens (primary N) is 1. The van der Waals surface area contributed by atoms with Gasteiger partial charge in [0.2, 0.25) is 0 Å². The fraction of sp³-hybridized carbons (Fsp3) is 0.235. The molecule has 21 heavy (non-hydrogen) atoms. The second-order valence-electron chi connectivity index (χ2n) is 5.64. The lowest BCUT2D eigenvalue weighted by Gasteiger charge is -2.20. The molecule has 0 aliphatic carbocycles. The number of benzene rings is 2. The van der Waals surface area contributed by atoms with Crippen LogP contribution in [0.5, 0.6) is 0 Å². The summed E-state index contributed by atoms with van der Waals surface area (Å²) >= 11 is 1.47. The standard InChI is InChI=1S/C17H19NO2S/c1-17(2,3)20-16(19)12-8-4-6-10-14(12)21-15-11-7-5-9-13(15)18/h4-11H,18H2,1-3H3. The van der Waals surface area contributed by atoms with Crippen molar-refractivity contribution in [1.82, 2.24) is 0 Å². The number of carbonyl (C=O) groups excluding carboxylic acids is 1. The quantitative estimate of drug-likeness (QED) is 0.675. The van der Waals surface area contributed by atoms with Crippen LogP contribution in [0.15, 0.2) is 58.3 Å². The van der Waals surface area contributed by atoms with Crippen LogP contribution in [0.3, 0.4) is 0 Å². The molecule has 2 N–H and O–H groups in total. The number of para-hydroxylation sites is 1. The number of nitrogen functional groups attached to an aromatic ring is 1. The molecule has 0 spiro atoms. The highest BCUT2D eigenvalue weighted by molar-refractivity contribution is 7.99. The summed E-state index contributed by atoms with van der Waals surface area (Å²) in [5.41, 5.74) is 6.70. The zero-order valence-corrected chi connectivity index (χ0v) is 13.2. The molecular weight excluding hydrogens is 282 g/mol. The second-order valence-corrected chi connectivity index (χ2v) is 6.72. The third-order valence-electron chi connectivity index (χ3n) is 2.64. The van der Waals surface area contributed by atoms with Gasteiger partial charge in [0.25, 0.3) is 0 Å². The molecule has 0 fully saturated rings. The maximum absolute atomic E-state index is 12.3. The van der Waals surface area contributed by atoms with Crippen molar-refractivity contribution in [1.29, 1.82) is 0 Å². The molecule has 0 heterocycles. The summed E-state index contributed by atoms with van der Waals surface area (Å²) in [6, 6.07) is 15.0. The van der Waals surface area contributed by atoms with Crippen molar-refractivity contribution < 1.29 is 9.53 Å². The lowest BCUT2D eigenvalue weighted by Crippen LogP contribution is -2.24. The van der Waals surface area contributed by atoms with Gasteiger partial charge in [-0.25, -0.2) is 4.79 Å². The summed E-state index contributed by atoms with van der Waals surface area (Å²) in [5, 5.41) is 0. The molecule has 0 bridgehead atoms. The summed E-state index contributed by atoms with van der Waals surface area (Å²) < 4.78 is 5.45. The van der Waals surface area contributed by atoms with Gasteiger partial charge in [0, 0.05) is 15.5 Å². The van der Waals surface area contributed by atoms with Gasteiger partial charge in [-0.1, -0.05) is 36.0 Å². The van der Waals surface area contributed by atoms with E-state index in [0.29, 0.717) is 11.3 Å². The minimum absolute atomic E-state index is 0.319. The fourth-order valence-electron chi connectivity index (χ4n) is 1.75. The molecule has 110 valence electrons. The van der Waals surface area contributed by atoms with Gasteiger partial charge >= 0.3 is 5.97 Å². The maximum atomic E-state index is 12.3. The molecule has 4 heteroatoms. The Balaban J connectivity index is 2.29. The Morgan fingerprint density at radius 3 is 2.19 bits per heavy atom. The van der Waals surface area contributed by atoms with E-state index in [2.05, 4.69) is 0 Å². The van der Waals surface area contributed by atoms with Crippen molar-refractivity contribution in [2.75, 3.05) is 5.73 Å². The summed E-state index contributed by atoms with van der Waals surface area (Å²) in [7, 11) is 0. The molecule has 0 atom stereocenters. The van der Waals surface area contributed by atoms with Crippen LogP contribution in [0.4, 0.5) is 5.69 Å². The molecule has 2 rings (SSSR count). The average Bonchev–Trinajstić information content (AvgIpc) is 2.40. The Kier molecular flexibility index (Phi) is 4.58. The highest BCUT2D eigenvalue weighted by Crippen LogP contribution is 2.34. The normalized spacial score (nSPS) is 11.2. The molecule has 0 amide bonds. The lowest BCUT2D eigenvalue weighted by molar-refractivity contribution is 0.00656. The van der Waals surface area contributed by atoms with Gasteiger partial charge in [-0.15, -0.1) is 0 Å². The molecule has 2 aromatic carbocycles. The van der Waals surface area contributed by atoms with E-state index in [1.165, 1.54) is 11.8 Å². The minimum atomic E-state index is -0.513. The van der Waals surface area contributed by atoms with Crippen LogP contribution in [0.1, 0.15) is 31.1 Å². The van der Waals surface area contributed by atoms with Crippen molar-refractivity contribution in [3.8, 4) is 0 Å². The second kappa shape index (κ2) is 6.22. The maximum Gasteiger partial charge on any atom is 0.339 e. The van der Waals surface area contributed by atoms with E-state index < -0.39 is 5.60 Å². The molecule has 2 aromatic rings. The van der Waals surface area contributed by atoms with Gasteiger partial charge in [0.05, 0.1) is 5.56 Å². The van der Waals surface area contributed by atoms with Gasteiger partial charge in [0.1, 0.15) is 5.60 Å². The molecule has 0 aliphatic rings. The first-order chi connectivity index (χ1) is 9.87. The Bertz CT molecular complexity index is 647. The molecule has 0 radical (unpaired) electrons. The van der Waals surface area contributed by atoms with Crippen molar-refractivity contribution in [2.24, 2.45) is 0 Å². The van der Waals surface area contributed by atoms with Crippen LogP contribution in [0, 0.1) is 0 Å². The van der Waals surface area contributed by atoms with E-state index in [-0.39, 0.29) is 5.97 Å². The van der Waals surface area contributed by atoms with Gasteiger partial charge in [-0.2, -0.15) is 0 Å². The average molecular weight is 301 g/mol. The van der Waals surface area contributed by atoms with Crippen LogP contribution in [-0.4, -0.2) is 11.6 Å². The number of hydrogen-bond donors (Lipinski definition) is 1. The number of anilines is 1. The van der Waals surface area contributed by atoms with Crippen molar-refractivity contribution in [2.45, 2.75) is 36.2 Å². The molecule has 0 unspecified atom stereocenters. The molecule has 0 saturated heterocycles. The Morgan fingerprint density at radius 2 is 1.57 bits per heavy atom. The van der Waals surface area contributed by atoms with Crippen LogP contribution < -0.4 is 5.73 Å². The van der Waals surface area contributed by atoms with Crippen molar-refractivity contribution in [3.63, 3.8) is 0 Å². The zero-order chi connectivity index (χ0) is 15.5. The highest BCUT2D eigenvalue weighted by Gasteiger charge is 2.20. The number of rotatable bonds is 3. The third-order valence-corrected chi connectivity index (χ3v) is 3.81. The predicted octanol–water partition coefficient (Wildman–Crippen LogP) is 4.38. The number of esters is 1. The number of ether oxygens (including phenoxy) is 1. The Morgan fingerprint density at radius 1 is 1.00 bits per heavy atom. The van der Waals surface area contributed by atoms with Gasteiger partial charge in [0.15, 0.2) is 0 Å². The SMILES string of the molecule is CC(C)(C)OC(=O)c1ccccc1Sc1ccccc1N. The fourth-order valence-corrected chi connectivity index (χ4v) is 2.73. The largest absolute Gasteiger partial charge is 0.456 e. The summed E-state index contributed by atoms with van der Waals surface area (Å²) in [4.78, 5) is 14.1. The van der Waals surface area contributed by atoms with Crippen LogP contribution >= 0.6 is 11.8 Å². The zero-order valence-electron chi connectivity index (χ0n) is 12.4. The van der Waals surface area contributed by atoms with E-state index in [4.69, 9.17) is 10.5 Å². The molecule has 0 aromatic heterocycles. The van der Waals surface area contributed by atoms with E-state index in [9.17, 15) is 4.79 Å². The van der Waals surface area contributed by atoms with Crippen LogP contribution in [0.2, 0.25) is 0 Å². The summed E-state index contributed by atoms with van der Waals surface area (Å²) in [6.07, 6.45) is 0. The number of carbonyl (C=O) groups is 1. The lowest BCUT2D eigenvalue weighted by atomic mass is 10.1. The van der Waals surface area contributed by atoms with E-state index >= 15 is 0 Å². The highest BCUT2D eigenvalue weighted by atomic mass is 32.2. The minimum Gasteiger partial charge on any atom is -0.456 e. The van der Waals surface area contributed by atoms with Crippen molar-refractivity contribution in [3.05, 3.63) is 54.1 Å². The van der Waals surface area contributed by atoms with Crippen LogP contribution in [-0.2, 0) is 4.74 Å². The van der Waals surface area contributed by atoms with Gasteiger partial charge in [-0.3, -0.25) is 0 Å². The van der Waals surface area contributed by atoms with Gasteiger partial charge < -0.3 is 10.5 Å². The van der Waals surface area contributed by atoms with E-state index in [1.54, 1.807) is 6.07 Å². The summed E-state index contributed by atoms with van der Waals surface area (Å²) in [6.45, 7) is 5.57. The third kappa shape index (κ3) is 4.26. The van der Waals surface area contributed by atoms with E-state index in [0.717, 1.165) is 9.79 Å². The van der Waals surface area contributed by atoms with Gasteiger partial charge in [-0.05, 0) is 45.0 Å². The molecule has 0 saturated carbocycles. The topological polar surface area (TPSA) is 52.3 Å².